The molecule has 0 radical (unpaired) electrons. The van der Waals surface area contributed by atoms with E-state index in [1.807, 2.05) is 17.5 Å². The summed E-state index contributed by atoms with van der Waals surface area (Å²) in [6.07, 6.45) is 3.37. The van der Waals surface area contributed by atoms with Gasteiger partial charge in [0, 0.05) is 18.0 Å². The molecular weight excluding hydrogens is 236 g/mol. The Morgan fingerprint density at radius 1 is 1.65 bits per heavy atom. The second-order valence-electron chi connectivity index (χ2n) is 3.40. The number of rotatable bonds is 3. The van der Waals surface area contributed by atoms with Crippen LogP contribution in [0.4, 0.5) is 0 Å². The summed E-state index contributed by atoms with van der Waals surface area (Å²) in [7, 11) is 1.64. The molecule has 0 bridgehead atoms. The second kappa shape index (κ2) is 4.97. The smallest absolute Gasteiger partial charge is 0.300 e. The van der Waals surface area contributed by atoms with E-state index in [0.29, 0.717) is 18.3 Å². The molecule has 17 heavy (non-hydrogen) atoms. The molecule has 1 fully saturated rings. The lowest BCUT2D eigenvalue weighted by atomic mass is 10.3. The molecule has 0 spiro atoms. The molecule has 1 aromatic rings. The number of amidine groups is 1. The van der Waals surface area contributed by atoms with Crippen molar-refractivity contribution in [3.05, 3.63) is 40.8 Å². The highest BCUT2D eigenvalue weighted by atomic mass is 32.1. The Balaban J connectivity index is 2.22. The van der Waals surface area contributed by atoms with E-state index < -0.39 is 0 Å². The van der Waals surface area contributed by atoms with Crippen molar-refractivity contribution in [1.29, 1.82) is 0 Å². The highest BCUT2D eigenvalue weighted by Crippen LogP contribution is 2.20. The molecule has 2 heterocycles. The third-order valence-corrected chi connectivity index (χ3v) is 3.00. The van der Waals surface area contributed by atoms with Crippen LogP contribution in [0.1, 0.15) is 4.88 Å². The van der Waals surface area contributed by atoms with Crippen molar-refractivity contribution < 1.29 is 9.53 Å². The number of hydrogen-bond acceptors (Lipinski definition) is 4. The van der Waals surface area contributed by atoms with Crippen molar-refractivity contribution in [1.82, 2.24) is 4.90 Å². The number of hydrogen-bond donors (Lipinski definition) is 0. The third-order valence-electron chi connectivity index (χ3n) is 2.18. The van der Waals surface area contributed by atoms with E-state index in [0.717, 1.165) is 4.88 Å². The molecule has 0 aliphatic carbocycles. The zero-order valence-electron chi connectivity index (χ0n) is 9.42. The standard InChI is InChI=1S/C12H12N2O2S/c1-3-6-13-12-14(2)11(15)10(16-12)8-9-5-4-7-17-9/h3-5,7-8H,1,6H2,2H3/b10-8+,13-12?. The van der Waals surface area contributed by atoms with Gasteiger partial charge in [0.2, 0.25) is 0 Å². The Morgan fingerprint density at radius 3 is 3.12 bits per heavy atom. The lowest BCUT2D eigenvalue weighted by Crippen LogP contribution is -2.24. The van der Waals surface area contributed by atoms with E-state index in [1.54, 1.807) is 30.5 Å². The predicted octanol–water partition coefficient (Wildman–Crippen LogP) is 2.12. The van der Waals surface area contributed by atoms with E-state index in [1.165, 1.54) is 4.90 Å². The minimum atomic E-state index is -0.179. The third kappa shape index (κ3) is 2.45. The lowest BCUT2D eigenvalue weighted by Gasteiger charge is -2.03. The lowest BCUT2D eigenvalue weighted by molar-refractivity contribution is -0.122. The Bertz CT molecular complexity index is 489. The molecule has 1 amide bonds. The molecule has 1 saturated heterocycles. The Morgan fingerprint density at radius 2 is 2.47 bits per heavy atom. The molecule has 5 heteroatoms. The fourth-order valence-corrected chi connectivity index (χ4v) is 1.98. The first kappa shape index (κ1) is 11.6. The van der Waals surface area contributed by atoms with Crippen molar-refractivity contribution in [2.75, 3.05) is 13.6 Å². The van der Waals surface area contributed by atoms with Gasteiger partial charge in [0.05, 0.1) is 6.54 Å². The second-order valence-corrected chi connectivity index (χ2v) is 4.38. The van der Waals surface area contributed by atoms with Crippen LogP contribution in [-0.2, 0) is 9.53 Å². The fraction of sp³-hybridized carbons (Fsp3) is 0.167. The molecule has 0 aromatic carbocycles. The van der Waals surface area contributed by atoms with Crippen molar-refractivity contribution in [3.63, 3.8) is 0 Å². The Hall–Kier alpha value is -1.88. The van der Waals surface area contributed by atoms with Crippen LogP contribution in [0.25, 0.3) is 6.08 Å². The number of carbonyl (C=O) groups excluding carboxylic acids is 1. The summed E-state index contributed by atoms with van der Waals surface area (Å²) in [5.41, 5.74) is 0. The van der Waals surface area contributed by atoms with Crippen LogP contribution in [0.5, 0.6) is 0 Å². The van der Waals surface area contributed by atoms with Crippen LogP contribution in [0.3, 0.4) is 0 Å². The first-order valence-electron chi connectivity index (χ1n) is 5.09. The summed E-state index contributed by atoms with van der Waals surface area (Å²) in [6, 6.07) is 4.16. The zero-order chi connectivity index (χ0) is 12.3. The van der Waals surface area contributed by atoms with Crippen molar-refractivity contribution >= 4 is 29.3 Å². The van der Waals surface area contributed by atoms with Gasteiger partial charge < -0.3 is 4.74 Å². The van der Waals surface area contributed by atoms with Crippen LogP contribution in [0.15, 0.2) is 40.9 Å². The van der Waals surface area contributed by atoms with E-state index in [2.05, 4.69) is 11.6 Å². The maximum absolute atomic E-state index is 11.8. The monoisotopic (exact) mass is 248 g/mol. The van der Waals surface area contributed by atoms with E-state index in [-0.39, 0.29) is 5.91 Å². The van der Waals surface area contributed by atoms with Crippen LogP contribution in [-0.4, -0.2) is 30.4 Å². The molecular formula is C12H12N2O2S. The fourth-order valence-electron chi connectivity index (χ4n) is 1.34. The van der Waals surface area contributed by atoms with Crippen molar-refractivity contribution in [2.45, 2.75) is 0 Å². The molecule has 0 N–H and O–H groups in total. The summed E-state index contributed by atoms with van der Waals surface area (Å²) in [4.78, 5) is 18.3. The van der Waals surface area contributed by atoms with Crippen molar-refractivity contribution in [2.24, 2.45) is 4.99 Å². The number of ether oxygens (including phenoxy) is 1. The highest BCUT2D eigenvalue weighted by Gasteiger charge is 2.31. The molecule has 0 saturated carbocycles. The van der Waals surface area contributed by atoms with Gasteiger partial charge >= 0.3 is 0 Å². The summed E-state index contributed by atoms with van der Waals surface area (Å²) >= 11 is 1.55. The van der Waals surface area contributed by atoms with Crippen LogP contribution in [0, 0.1) is 0 Å². The molecule has 2 rings (SSSR count). The molecule has 88 valence electrons. The largest absolute Gasteiger partial charge is 0.420 e. The maximum Gasteiger partial charge on any atom is 0.300 e. The topological polar surface area (TPSA) is 41.9 Å². The number of carbonyl (C=O) groups is 1. The summed E-state index contributed by atoms with van der Waals surface area (Å²) in [6.45, 7) is 4.00. The number of thiophene rings is 1. The van der Waals surface area contributed by atoms with Crippen molar-refractivity contribution in [3.8, 4) is 0 Å². The minimum absolute atomic E-state index is 0.179. The van der Waals surface area contributed by atoms with Crippen LogP contribution >= 0.6 is 11.3 Å². The number of aliphatic imine (C=N–C) groups is 1. The number of likely N-dealkylation sites (N-methyl/N-ethyl adjacent to an activating group) is 1. The van der Waals surface area contributed by atoms with Crippen LogP contribution in [0.2, 0.25) is 0 Å². The summed E-state index contributed by atoms with van der Waals surface area (Å²) < 4.78 is 5.41. The first-order valence-corrected chi connectivity index (χ1v) is 5.97. The molecule has 0 atom stereocenters. The molecule has 0 unspecified atom stereocenters. The van der Waals surface area contributed by atoms with Crippen LogP contribution < -0.4 is 0 Å². The van der Waals surface area contributed by atoms with E-state index in [4.69, 9.17) is 4.74 Å². The minimum Gasteiger partial charge on any atom is -0.420 e. The molecule has 1 aromatic heterocycles. The highest BCUT2D eigenvalue weighted by molar-refractivity contribution is 7.10. The van der Waals surface area contributed by atoms with E-state index in [9.17, 15) is 4.79 Å². The van der Waals surface area contributed by atoms with Gasteiger partial charge in [-0.05, 0) is 11.4 Å². The average Bonchev–Trinajstić information content (AvgIpc) is 2.91. The SMILES string of the molecule is C=CCN=C1O/C(=C/c2cccs2)C(=O)N1C. The van der Waals surface area contributed by atoms with Gasteiger partial charge in [-0.2, -0.15) is 0 Å². The first-order chi connectivity index (χ1) is 8.22. The maximum atomic E-state index is 11.8. The van der Waals surface area contributed by atoms with Gasteiger partial charge in [0.15, 0.2) is 5.76 Å². The van der Waals surface area contributed by atoms with Gasteiger partial charge in [-0.25, -0.2) is 4.99 Å². The molecule has 4 nitrogen and oxygen atoms in total. The molecule has 1 aliphatic rings. The molecule has 1 aliphatic heterocycles. The number of amides is 1. The van der Waals surface area contributed by atoms with Gasteiger partial charge in [-0.1, -0.05) is 12.1 Å². The predicted molar refractivity (Wildman–Crippen MR) is 68.7 cm³/mol. The summed E-state index contributed by atoms with van der Waals surface area (Å²) in [5.74, 6) is 0.124. The number of nitrogens with zero attached hydrogens (tertiary/aromatic N) is 2. The van der Waals surface area contributed by atoms with Gasteiger partial charge in [0.25, 0.3) is 11.9 Å². The quantitative estimate of drug-likeness (QED) is 0.607. The van der Waals surface area contributed by atoms with Gasteiger partial charge in [0.1, 0.15) is 0 Å². The zero-order valence-corrected chi connectivity index (χ0v) is 10.2. The van der Waals surface area contributed by atoms with E-state index >= 15 is 0 Å². The van der Waals surface area contributed by atoms with Gasteiger partial charge in [-0.3, -0.25) is 9.69 Å². The Kier molecular flexibility index (Phi) is 3.39. The Labute approximate surface area is 104 Å². The summed E-state index contributed by atoms with van der Waals surface area (Å²) in [5, 5.41) is 1.95. The average molecular weight is 248 g/mol. The normalized spacial score (nSPS) is 20.1. The van der Waals surface area contributed by atoms with Gasteiger partial charge in [-0.15, -0.1) is 17.9 Å².